The van der Waals surface area contributed by atoms with Crippen molar-refractivity contribution in [3.05, 3.63) is 36.1 Å². The minimum absolute atomic E-state index is 0.0916. The summed E-state index contributed by atoms with van der Waals surface area (Å²) in [6.07, 6.45) is 3.64. The van der Waals surface area contributed by atoms with Crippen LogP contribution in [0, 0.1) is 5.41 Å². The normalized spacial score (nSPS) is 22.6. The Morgan fingerprint density at radius 1 is 1.30 bits per heavy atom. The monoisotopic (exact) mass is 275 g/mol. The molecule has 2 N–H and O–H groups in total. The van der Waals surface area contributed by atoms with Gasteiger partial charge in [0.1, 0.15) is 5.58 Å². The maximum atomic E-state index is 9.22. The van der Waals surface area contributed by atoms with E-state index in [1.54, 1.807) is 0 Å². The fraction of sp³-hybridized carbons (Fsp3) is 0.500. The first kappa shape index (κ1) is 13.6. The SMILES string of the molecule is OCCC1(CNCc2coc3ccccc23)CCOC1. The van der Waals surface area contributed by atoms with Crippen LogP contribution in [-0.4, -0.2) is 31.5 Å². The van der Waals surface area contributed by atoms with E-state index in [0.717, 1.165) is 44.7 Å². The van der Waals surface area contributed by atoms with Crippen molar-refractivity contribution >= 4 is 11.0 Å². The van der Waals surface area contributed by atoms with Gasteiger partial charge in [-0.05, 0) is 18.9 Å². The summed E-state index contributed by atoms with van der Waals surface area (Å²) in [6.45, 7) is 3.42. The van der Waals surface area contributed by atoms with Crippen molar-refractivity contribution in [1.29, 1.82) is 0 Å². The maximum absolute atomic E-state index is 9.22. The molecule has 1 fully saturated rings. The fourth-order valence-corrected chi connectivity index (χ4v) is 2.94. The van der Waals surface area contributed by atoms with E-state index in [1.165, 1.54) is 10.9 Å². The number of fused-ring (bicyclic) bond motifs is 1. The molecule has 0 radical (unpaired) electrons. The highest BCUT2D eigenvalue weighted by Gasteiger charge is 2.33. The molecule has 1 unspecified atom stereocenters. The number of nitrogens with one attached hydrogen (secondary N) is 1. The predicted molar refractivity (Wildman–Crippen MR) is 77.5 cm³/mol. The molecule has 0 bridgehead atoms. The number of ether oxygens (including phenoxy) is 1. The number of benzene rings is 1. The molecule has 1 aromatic carbocycles. The zero-order chi connectivity index (χ0) is 13.8. The van der Waals surface area contributed by atoms with Crippen LogP contribution in [0.5, 0.6) is 0 Å². The van der Waals surface area contributed by atoms with Gasteiger partial charge in [-0.2, -0.15) is 0 Å². The van der Waals surface area contributed by atoms with Crippen LogP contribution in [-0.2, 0) is 11.3 Å². The summed E-state index contributed by atoms with van der Waals surface area (Å²) in [4.78, 5) is 0. The largest absolute Gasteiger partial charge is 0.464 e. The Hall–Kier alpha value is -1.36. The Morgan fingerprint density at radius 2 is 2.20 bits per heavy atom. The maximum Gasteiger partial charge on any atom is 0.134 e. The summed E-state index contributed by atoms with van der Waals surface area (Å²) in [5.41, 5.74) is 2.20. The third kappa shape index (κ3) is 2.73. The molecule has 4 nitrogen and oxygen atoms in total. The molecular formula is C16H21NO3. The van der Waals surface area contributed by atoms with Gasteiger partial charge in [-0.25, -0.2) is 0 Å². The molecule has 1 aliphatic heterocycles. The summed E-state index contributed by atoms with van der Waals surface area (Å²) >= 11 is 0. The second kappa shape index (κ2) is 5.95. The van der Waals surface area contributed by atoms with Crippen molar-refractivity contribution in [2.24, 2.45) is 5.41 Å². The number of furan rings is 1. The molecule has 0 saturated carbocycles. The predicted octanol–water partition coefficient (Wildman–Crippen LogP) is 2.31. The minimum Gasteiger partial charge on any atom is -0.464 e. The molecule has 2 aromatic rings. The van der Waals surface area contributed by atoms with E-state index in [-0.39, 0.29) is 12.0 Å². The lowest BCUT2D eigenvalue weighted by molar-refractivity contribution is 0.124. The van der Waals surface area contributed by atoms with Crippen LogP contribution in [0.1, 0.15) is 18.4 Å². The van der Waals surface area contributed by atoms with Crippen molar-refractivity contribution in [2.75, 3.05) is 26.4 Å². The molecule has 0 amide bonds. The number of para-hydroxylation sites is 1. The van der Waals surface area contributed by atoms with Gasteiger partial charge < -0.3 is 19.6 Å². The number of hydrogen-bond donors (Lipinski definition) is 2. The number of rotatable bonds is 6. The van der Waals surface area contributed by atoms with Crippen LogP contribution < -0.4 is 5.32 Å². The van der Waals surface area contributed by atoms with Crippen LogP contribution >= 0.6 is 0 Å². The van der Waals surface area contributed by atoms with Crippen LogP contribution in [0.15, 0.2) is 34.9 Å². The van der Waals surface area contributed by atoms with E-state index in [1.807, 2.05) is 24.5 Å². The van der Waals surface area contributed by atoms with Crippen LogP contribution in [0.4, 0.5) is 0 Å². The van der Waals surface area contributed by atoms with E-state index in [9.17, 15) is 5.11 Å². The highest BCUT2D eigenvalue weighted by atomic mass is 16.5. The van der Waals surface area contributed by atoms with Gasteiger partial charge in [-0.15, -0.1) is 0 Å². The smallest absolute Gasteiger partial charge is 0.134 e. The Balaban J connectivity index is 1.62. The lowest BCUT2D eigenvalue weighted by atomic mass is 9.84. The molecule has 1 aliphatic rings. The molecule has 0 spiro atoms. The molecule has 1 saturated heterocycles. The Kier molecular flexibility index (Phi) is 4.05. The number of aliphatic hydroxyl groups excluding tert-OH is 1. The minimum atomic E-state index is 0.0916. The van der Waals surface area contributed by atoms with Gasteiger partial charge in [0.25, 0.3) is 0 Å². The number of aliphatic hydroxyl groups is 1. The fourth-order valence-electron chi connectivity index (χ4n) is 2.94. The van der Waals surface area contributed by atoms with Gasteiger partial charge in [-0.3, -0.25) is 0 Å². The Morgan fingerprint density at radius 3 is 3.00 bits per heavy atom. The second-order valence-electron chi connectivity index (χ2n) is 5.64. The van der Waals surface area contributed by atoms with Gasteiger partial charge >= 0.3 is 0 Å². The molecule has 20 heavy (non-hydrogen) atoms. The van der Waals surface area contributed by atoms with E-state index >= 15 is 0 Å². The highest BCUT2D eigenvalue weighted by Crippen LogP contribution is 2.31. The van der Waals surface area contributed by atoms with Gasteiger partial charge in [-0.1, -0.05) is 18.2 Å². The van der Waals surface area contributed by atoms with Crippen molar-refractivity contribution in [1.82, 2.24) is 5.32 Å². The van der Waals surface area contributed by atoms with Crippen LogP contribution in [0.2, 0.25) is 0 Å². The summed E-state index contributed by atoms with van der Waals surface area (Å²) < 4.78 is 11.0. The average molecular weight is 275 g/mol. The Labute approximate surface area is 118 Å². The van der Waals surface area contributed by atoms with E-state index in [4.69, 9.17) is 9.15 Å². The second-order valence-corrected chi connectivity index (χ2v) is 5.64. The summed E-state index contributed by atoms with van der Waals surface area (Å²) in [7, 11) is 0. The molecule has 2 heterocycles. The third-order valence-electron chi connectivity index (χ3n) is 4.20. The zero-order valence-corrected chi connectivity index (χ0v) is 11.6. The van der Waals surface area contributed by atoms with Crippen LogP contribution in [0.25, 0.3) is 11.0 Å². The lowest BCUT2D eigenvalue weighted by Crippen LogP contribution is -2.35. The quantitative estimate of drug-likeness (QED) is 0.849. The molecule has 0 aliphatic carbocycles. The van der Waals surface area contributed by atoms with E-state index < -0.39 is 0 Å². The Bertz CT molecular complexity index is 558. The average Bonchev–Trinajstić information content (AvgIpc) is 3.08. The zero-order valence-electron chi connectivity index (χ0n) is 11.6. The molecule has 4 heteroatoms. The molecule has 3 rings (SSSR count). The summed E-state index contributed by atoms with van der Waals surface area (Å²) in [5, 5.41) is 13.9. The van der Waals surface area contributed by atoms with E-state index in [0.29, 0.717) is 0 Å². The number of hydrogen-bond acceptors (Lipinski definition) is 4. The molecular weight excluding hydrogens is 254 g/mol. The molecule has 1 aromatic heterocycles. The first-order valence-electron chi connectivity index (χ1n) is 7.17. The summed E-state index contributed by atoms with van der Waals surface area (Å²) in [5.74, 6) is 0. The molecule has 108 valence electrons. The summed E-state index contributed by atoms with van der Waals surface area (Å²) in [6, 6.07) is 8.07. The lowest BCUT2D eigenvalue weighted by Gasteiger charge is -2.26. The highest BCUT2D eigenvalue weighted by molar-refractivity contribution is 5.80. The topological polar surface area (TPSA) is 54.6 Å². The van der Waals surface area contributed by atoms with Crippen molar-refractivity contribution in [2.45, 2.75) is 19.4 Å². The third-order valence-corrected chi connectivity index (χ3v) is 4.20. The first-order chi connectivity index (χ1) is 9.83. The van der Waals surface area contributed by atoms with Crippen LogP contribution in [0.3, 0.4) is 0 Å². The van der Waals surface area contributed by atoms with Crippen molar-refractivity contribution < 1.29 is 14.3 Å². The standard InChI is InChI=1S/C16H21NO3/c18-7-5-16(6-8-19-12-16)11-17-9-13-10-20-15-4-2-1-3-14(13)15/h1-4,10,17-18H,5-9,11-12H2. The molecule has 1 atom stereocenters. The van der Waals surface area contributed by atoms with Gasteiger partial charge in [0.15, 0.2) is 0 Å². The van der Waals surface area contributed by atoms with E-state index in [2.05, 4.69) is 11.4 Å². The van der Waals surface area contributed by atoms with Gasteiger partial charge in [0.05, 0.1) is 12.9 Å². The van der Waals surface area contributed by atoms with Gasteiger partial charge in [0.2, 0.25) is 0 Å². The van der Waals surface area contributed by atoms with Gasteiger partial charge in [0, 0.05) is 42.7 Å². The van der Waals surface area contributed by atoms with Crippen molar-refractivity contribution in [3.8, 4) is 0 Å². The van der Waals surface area contributed by atoms with Crippen molar-refractivity contribution in [3.63, 3.8) is 0 Å². The first-order valence-corrected chi connectivity index (χ1v) is 7.17.